The summed E-state index contributed by atoms with van der Waals surface area (Å²) in [4.78, 5) is 22.8. The van der Waals surface area contributed by atoms with E-state index >= 15 is 0 Å². The molecule has 0 spiro atoms. The lowest BCUT2D eigenvalue weighted by atomic mass is 9.80. The highest BCUT2D eigenvalue weighted by molar-refractivity contribution is 5.95. The van der Waals surface area contributed by atoms with Crippen LogP contribution in [0.5, 0.6) is 0 Å². The van der Waals surface area contributed by atoms with Crippen LogP contribution < -0.4 is 5.32 Å². The van der Waals surface area contributed by atoms with Gasteiger partial charge in [0.1, 0.15) is 6.61 Å². The van der Waals surface area contributed by atoms with E-state index in [-0.39, 0.29) is 5.78 Å². The second-order valence-corrected chi connectivity index (χ2v) is 4.91. The molecular formula is C10H19NO3. The largest absolute Gasteiger partial charge is 0.387 e. The first-order valence-electron chi connectivity index (χ1n) is 4.58. The molecular weight excluding hydrogens is 182 g/mol. The number of rotatable bonds is 3. The van der Waals surface area contributed by atoms with Crippen molar-refractivity contribution in [3.05, 3.63) is 0 Å². The van der Waals surface area contributed by atoms with Crippen molar-refractivity contribution in [1.82, 2.24) is 5.32 Å². The fourth-order valence-corrected chi connectivity index (χ4v) is 1.38. The molecule has 0 aromatic carbocycles. The SMILES string of the molecule is CC(C)(C)C(=O)C(C)(C)NC(=O)CO. The van der Waals surface area contributed by atoms with Crippen LogP contribution in [0.15, 0.2) is 0 Å². The summed E-state index contributed by atoms with van der Waals surface area (Å²) in [5, 5.41) is 11.0. The molecule has 0 heterocycles. The monoisotopic (exact) mass is 201 g/mol. The maximum absolute atomic E-state index is 11.8. The predicted molar refractivity (Wildman–Crippen MR) is 53.8 cm³/mol. The first-order chi connectivity index (χ1) is 6.11. The first kappa shape index (κ1) is 13.1. The average molecular weight is 201 g/mol. The third-order valence-corrected chi connectivity index (χ3v) is 1.84. The number of carbonyl (C=O) groups is 2. The van der Waals surface area contributed by atoms with E-state index in [1.165, 1.54) is 0 Å². The van der Waals surface area contributed by atoms with Gasteiger partial charge >= 0.3 is 0 Å². The molecule has 0 rings (SSSR count). The molecule has 4 heteroatoms. The van der Waals surface area contributed by atoms with Gasteiger partial charge in [-0.1, -0.05) is 20.8 Å². The van der Waals surface area contributed by atoms with Gasteiger partial charge in [-0.15, -0.1) is 0 Å². The minimum Gasteiger partial charge on any atom is -0.387 e. The van der Waals surface area contributed by atoms with E-state index < -0.39 is 23.5 Å². The molecule has 82 valence electrons. The second-order valence-electron chi connectivity index (χ2n) is 4.91. The minimum absolute atomic E-state index is 0.0631. The van der Waals surface area contributed by atoms with E-state index in [9.17, 15) is 9.59 Å². The summed E-state index contributed by atoms with van der Waals surface area (Å²) < 4.78 is 0. The number of amides is 1. The minimum atomic E-state index is -0.932. The highest BCUT2D eigenvalue weighted by Gasteiger charge is 2.36. The molecule has 0 fully saturated rings. The van der Waals surface area contributed by atoms with Crippen LogP contribution >= 0.6 is 0 Å². The number of Topliss-reactive ketones (excluding diaryl/α,β-unsaturated/α-hetero) is 1. The fraction of sp³-hybridized carbons (Fsp3) is 0.800. The summed E-state index contributed by atoms with van der Waals surface area (Å²) in [6.45, 7) is 8.05. The summed E-state index contributed by atoms with van der Waals surface area (Å²) in [7, 11) is 0. The van der Waals surface area contributed by atoms with Gasteiger partial charge in [-0.3, -0.25) is 9.59 Å². The Hall–Kier alpha value is -0.900. The van der Waals surface area contributed by atoms with E-state index in [0.717, 1.165) is 0 Å². The number of carbonyl (C=O) groups excluding carboxylic acids is 2. The standard InChI is InChI=1S/C10H19NO3/c1-9(2,3)8(14)10(4,5)11-7(13)6-12/h12H,6H2,1-5H3,(H,11,13). The lowest BCUT2D eigenvalue weighted by Gasteiger charge is -2.31. The van der Waals surface area contributed by atoms with E-state index in [2.05, 4.69) is 5.32 Å². The highest BCUT2D eigenvalue weighted by atomic mass is 16.3. The Bertz CT molecular complexity index is 238. The van der Waals surface area contributed by atoms with Gasteiger partial charge in [-0.25, -0.2) is 0 Å². The number of aliphatic hydroxyl groups excluding tert-OH is 1. The first-order valence-corrected chi connectivity index (χ1v) is 4.58. The summed E-state index contributed by atoms with van der Waals surface area (Å²) in [5.41, 5.74) is -1.44. The molecule has 1 amide bonds. The van der Waals surface area contributed by atoms with Crippen molar-refractivity contribution in [2.45, 2.75) is 40.2 Å². The van der Waals surface area contributed by atoms with Crippen molar-refractivity contribution < 1.29 is 14.7 Å². The smallest absolute Gasteiger partial charge is 0.246 e. The molecule has 0 aliphatic heterocycles. The van der Waals surface area contributed by atoms with Crippen LogP contribution in [0.3, 0.4) is 0 Å². The van der Waals surface area contributed by atoms with E-state index in [0.29, 0.717) is 0 Å². The Morgan fingerprint density at radius 1 is 1.14 bits per heavy atom. The quantitative estimate of drug-likeness (QED) is 0.698. The van der Waals surface area contributed by atoms with Gasteiger partial charge in [0.2, 0.25) is 5.91 Å². The van der Waals surface area contributed by atoms with Crippen LogP contribution in [0.4, 0.5) is 0 Å². The Labute approximate surface area is 84.7 Å². The maximum atomic E-state index is 11.8. The average Bonchev–Trinajstić information content (AvgIpc) is 2.00. The van der Waals surface area contributed by atoms with Crippen molar-refractivity contribution >= 4 is 11.7 Å². The van der Waals surface area contributed by atoms with Gasteiger partial charge in [0, 0.05) is 5.41 Å². The number of aliphatic hydroxyl groups is 1. The van der Waals surface area contributed by atoms with Crippen molar-refractivity contribution in [2.24, 2.45) is 5.41 Å². The molecule has 0 aromatic rings. The topological polar surface area (TPSA) is 66.4 Å². The molecule has 0 unspecified atom stereocenters. The van der Waals surface area contributed by atoms with E-state index in [4.69, 9.17) is 5.11 Å². The van der Waals surface area contributed by atoms with Crippen LogP contribution in [0.1, 0.15) is 34.6 Å². The number of hydrogen-bond donors (Lipinski definition) is 2. The third kappa shape index (κ3) is 3.46. The molecule has 0 radical (unpaired) electrons. The molecule has 14 heavy (non-hydrogen) atoms. The molecule has 0 saturated heterocycles. The van der Waals surface area contributed by atoms with Crippen molar-refractivity contribution in [2.75, 3.05) is 6.61 Å². The van der Waals surface area contributed by atoms with Gasteiger partial charge in [0.25, 0.3) is 0 Å². The molecule has 0 bridgehead atoms. The summed E-state index contributed by atoms with van der Waals surface area (Å²) in [6.07, 6.45) is 0. The van der Waals surface area contributed by atoms with Crippen LogP contribution in [-0.4, -0.2) is 28.9 Å². The summed E-state index contributed by atoms with van der Waals surface area (Å²) >= 11 is 0. The van der Waals surface area contributed by atoms with E-state index in [1.807, 2.05) is 0 Å². The number of nitrogens with one attached hydrogen (secondary N) is 1. The molecule has 0 aliphatic rings. The van der Waals surface area contributed by atoms with Crippen molar-refractivity contribution in [3.8, 4) is 0 Å². The molecule has 0 aromatic heterocycles. The van der Waals surface area contributed by atoms with Crippen molar-refractivity contribution in [1.29, 1.82) is 0 Å². The van der Waals surface area contributed by atoms with Crippen LogP contribution in [-0.2, 0) is 9.59 Å². The van der Waals surface area contributed by atoms with Crippen LogP contribution in [0.25, 0.3) is 0 Å². The van der Waals surface area contributed by atoms with Crippen molar-refractivity contribution in [3.63, 3.8) is 0 Å². The van der Waals surface area contributed by atoms with E-state index in [1.54, 1.807) is 34.6 Å². The Kier molecular flexibility index (Phi) is 3.82. The zero-order valence-corrected chi connectivity index (χ0v) is 9.47. The normalized spacial score (nSPS) is 12.4. The Balaban J connectivity index is 4.63. The lowest BCUT2D eigenvalue weighted by Crippen LogP contribution is -2.54. The van der Waals surface area contributed by atoms with Gasteiger partial charge in [0.15, 0.2) is 5.78 Å². The molecule has 2 N–H and O–H groups in total. The third-order valence-electron chi connectivity index (χ3n) is 1.84. The molecule has 0 saturated carbocycles. The summed E-state index contributed by atoms with van der Waals surface area (Å²) in [5.74, 6) is -0.598. The zero-order valence-electron chi connectivity index (χ0n) is 9.47. The lowest BCUT2D eigenvalue weighted by molar-refractivity contribution is -0.137. The maximum Gasteiger partial charge on any atom is 0.246 e. The van der Waals surface area contributed by atoms with Gasteiger partial charge in [-0.05, 0) is 13.8 Å². The predicted octanol–water partition coefficient (Wildman–Crippen LogP) is 0.489. The number of ketones is 1. The molecule has 4 nitrogen and oxygen atoms in total. The van der Waals surface area contributed by atoms with Crippen LogP contribution in [0.2, 0.25) is 0 Å². The van der Waals surface area contributed by atoms with Crippen LogP contribution in [0, 0.1) is 5.41 Å². The Morgan fingerprint density at radius 3 is 1.86 bits per heavy atom. The molecule has 0 atom stereocenters. The number of hydrogen-bond acceptors (Lipinski definition) is 3. The van der Waals surface area contributed by atoms with Gasteiger partial charge in [0.05, 0.1) is 5.54 Å². The zero-order chi connectivity index (χ0) is 11.6. The van der Waals surface area contributed by atoms with Gasteiger partial charge in [-0.2, -0.15) is 0 Å². The summed E-state index contributed by atoms with van der Waals surface area (Å²) in [6, 6.07) is 0. The Morgan fingerprint density at radius 2 is 1.57 bits per heavy atom. The molecule has 0 aliphatic carbocycles. The second kappa shape index (κ2) is 4.09. The van der Waals surface area contributed by atoms with Gasteiger partial charge < -0.3 is 10.4 Å². The highest BCUT2D eigenvalue weighted by Crippen LogP contribution is 2.22. The fourth-order valence-electron chi connectivity index (χ4n) is 1.38.